The summed E-state index contributed by atoms with van der Waals surface area (Å²) in [6.45, 7) is 5.30. The van der Waals surface area contributed by atoms with E-state index in [0.717, 1.165) is 18.7 Å². The van der Waals surface area contributed by atoms with Crippen molar-refractivity contribution in [1.82, 2.24) is 5.32 Å². The Hall–Kier alpha value is -1.58. The predicted molar refractivity (Wildman–Crippen MR) is 87.7 cm³/mol. The molecule has 2 rings (SSSR count). The van der Waals surface area contributed by atoms with E-state index in [1.807, 2.05) is 6.07 Å². The third-order valence-electron chi connectivity index (χ3n) is 4.00. The Morgan fingerprint density at radius 2 is 1.90 bits per heavy atom. The molecule has 0 bridgehead atoms. The summed E-state index contributed by atoms with van der Waals surface area (Å²) in [6.07, 6.45) is 0.769. The maximum absolute atomic E-state index is 9.19. The zero-order chi connectivity index (χ0) is 15.2. The molecule has 0 saturated carbocycles. The van der Waals surface area contributed by atoms with Crippen molar-refractivity contribution in [1.29, 1.82) is 0 Å². The van der Waals surface area contributed by atoms with Crippen molar-refractivity contribution < 1.29 is 9.84 Å². The van der Waals surface area contributed by atoms with Gasteiger partial charge in [0, 0.05) is 24.8 Å². The number of benzene rings is 2. The Bertz CT molecular complexity index is 580. The quantitative estimate of drug-likeness (QED) is 0.820. The molecule has 21 heavy (non-hydrogen) atoms. The molecule has 0 fully saturated rings. The van der Waals surface area contributed by atoms with E-state index in [9.17, 15) is 5.11 Å². The molecule has 3 nitrogen and oxygen atoms in total. The Balaban J connectivity index is 2.27. The van der Waals surface area contributed by atoms with Crippen molar-refractivity contribution in [3.63, 3.8) is 0 Å². The number of nitrogens with one attached hydrogen (secondary N) is 1. The summed E-state index contributed by atoms with van der Waals surface area (Å²) in [5.74, 6) is 1.39. The van der Waals surface area contributed by atoms with Gasteiger partial charge in [-0.25, -0.2) is 0 Å². The number of methoxy groups -OCH3 is 1. The van der Waals surface area contributed by atoms with Gasteiger partial charge in [0.2, 0.25) is 0 Å². The first-order chi connectivity index (χ1) is 10.2. The molecule has 0 amide bonds. The molecule has 0 saturated heterocycles. The van der Waals surface area contributed by atoms with Gasteiger partial charge in [-0.05, 0) is 29.2 Å². The zero-order valence-corrected chi connectivity index (χ0v) is 13.1. The molecule has 0 aliphatic rings. The van der Waals surface area contributed by atoms with E-state index < -0.39 is 0 Å². The SMILES string of the molecule is COc1ccc2ccccc2c1CNC(CCO)C(C)C. The van der Waals surface area contributed by atoms with Gasteiger partial charge in [-0.1, -0.05) is 44.2 Å². The minimum Gasteiger partial charge on any atom is -0.496 e. The third-order valence-corrected chi connectivity index (χ3v) is 4.00. The minimum atomic E-state index is 0.211. The lowest BCUT2D eigenvalue weighted by molar-refractivity contribution is 0.243. The van der Waals surface area contributed by atoms with Crippen LogP contribution in [-0.2, 0) is 6.54 Å². The minimum absolute atomic E-state index is 0.211. The summed E-state index contributed by atoms with van der Waals surface area (Å²) < 4.78 is 5.52. The van der Waals surface area contributed by atoms with Gasteiger partial charge >= 0.3 is 0 Å². The highest BCUT2D eigenvalue weighted by molar-refractivity contribution is 5.87. The van der Waals surface area contributed by atoms with Crippen LogP contribution in [0.4, 0.5) is 0 Å². The number of fused-ring (bicyclic) bond motifs is 1. The fourth-order valence-corrected chi connectivity index (χ4v) is 2.73. The van der Waals surface area contributed by atoms with Gasteiger partial charge in [0.25, 0.3) is 0 Å². The highest BCUT2D eigenvalue weighted by atomic mass is 16.5. The van der Waals surface area contributed by atoms with E-state index in [1.165, 1.54) is 16.3 Å². The molecule has 0 radical (unpaired) electrons. The van der Waals surface area contributed by atoms with Crippen molar-refractivity contribution in [3.8, 4) is 5.75 Å². The lowest BCUT2D eigenvalue weighted by Crippen LogP contribution is -2.34. The Labute approximate surface area is 126 Å². The molecule has 2 aromatic rings. The van der Waals surface area contributed by atoms with Crippen LogP contribution >= 0.6 is 0 Å². The summed E-state index contributed by atoms with van der Waals surface area (Å²) in [4.78, 5) is 0. The first-order valence-electron chi connectivity index (χ1n) is 7.56. The summed E-state index contributed by atoms with van der Waals surface area (Å²) in [6, 6.07) is 12.8. The zero-order valence-electron chi connectivity index (χ0n) is 13.1. The normalized spacial score (nSPS) is 12.8. The van der Waals surface area contributed by atoms with E-state index >= 15 is 0 Å². The number of aliphatic hydroxyl groups excluding tert-OH is 1. The summed E-state index contributed by atoms with van der Waals surface area (Å²) in [5, 5.41) is 15.2. The molecule has 3 heteroatoms. The maximum Gasteiger partial charge on any atom is 0.123 e. The average Bonchev–Trinajstić information content (AvgIpc) is 2.50. The van der Waals surface area contributed by atoms with Crippen molar-refractivity contribution in [3.05, 3.63) is 42.0 Å². The van der Waals surface area contributed by atoms with Crippen LogP contribution in [0.1, 0.15) is 25.8 Å². The average molecular weight is 287 g/mol. The summed E-state index contributed by atoms with van der Waals surface area (Å²) in [7, 11) is 1.71. The van der Waals surface area contributed by atoms with Gasteiger partial charge in [0.15, 0.2) is 0 Å². The third kappa shape index (κ3) is 3.74. The number of aliphatic hydroxyl groups is 1. The number of rotatable bonds is 7. The van der Waals surface area contributed by atoms with Crippen molar-refractivity contribution in [2.45, 2.75) is 32.9 Å². The monoisotopic (exact) mass is 287 g/mol. The predicted octanol–water partition coefficient (Wildman–Crippen LogP) is 3.35. The van der Waals surface area contributed by atoms with Crippen LogP contribution in [0.2, 0.25) is 0 Å². The molecule has 0 heterocycles. The molecule has 1 unspecified atom stereocenters. The van der Waals surface area contributed by atoms with Crippen LogP contribution in [0.5, 0.6) is 5.75 Å². The molecular formula is C18H25NO2. The largest absolute Gasteiger partial charge is 0.496 e. The van der Waals surface area contributed by atoms with E-state index in [0.29, 0.717) is 12.0 Å². The second-order valence-electron chi connectivity index (χ2n) is 5.71. The molecule has 2 aromatic carbocycles. The van der Waals surface area contributed by atoms with E-state index in [1.54, 1.807) is 7.11 Å². The molecule has 2 N–H and O–H groups in total. The fraction of sp³-hybridized carbons (Fsp3) is 0.444. The van der Waals surface area contributed by atoms with Crippen molar-refractivity contribution in [2.75, 3.05) is 13.7 Å². The number of ether oxygens (including phenoxy) is 1. The van der Waals surface area contributed by atoms with E-state index in [2.05, 4.69) is 49.5 Å². The summed E-state index contributed by atoms with van der Waals surface area (Å²) >= 11 is 0. The highest BCUT2D eigenvalue weighted by Gasteiger charge is 2.14. The van der Waals surface area contributed by atoms with Crippen LogP contribution in [0, 0.1) is 5.92 Å². The number of hydrogen-bond donors (Lipinski definition) is 2. The van der Waals surface area contributed by atoms with Crippen molar-refractivity contribution in [2.24, 2.45) is 5.92 Å². The van der Waals surface area contributed by atoms with Crippen LogP contribution < -0.4 is 10.1 Å². The van der Waals surface area contributed by atoms with Crippen molar-refractivity contribution >= 4 is 10.8 Å². The van der Waals surface area contributed by atoms with Gasteiger partial charge in [-0.3, -0.25) is 0 Å². The molecule has 0 spiro atoms. The first-order valence-corrected chi connectivity index (χ1v) is 7.56. The maximum atomic E-state index is 9.19. The van der Waals surface area contributed by atoms with Gasteiger partial charge in [0.05, 0.1) is 7.11 Å². The lowest BCUT2D eigenvalue weighted by Gasteiger charge is -2.23. The smallest absolute Gasteiger partial charge is 0.123 e. The molecule has 1 atom stereocenters. The second-order valence-corrected chi connectivity index (χ2v) is 5.71. The Morgan fingerprint density at radius 1 is 1.14 bits per heavy atom. The van der Waals surface area contributed by atoms with Crippen LogP contribution in [0.3, 0.4) is 0 Å². The van der Waals surface area contributed by atoms with E-state index in [-0.39, 0.29) is 6.61 Å². The summed E-state index contributed by atoms with van der Waals surface area (Å²) in [5.41, 5.74) is 1.18. The lowest BCUT2D eigenvalue weighted by atomic mass is 9.99. The Kier molecular flexibility index (Phi) is 5.59. The van der Waals surface area contributed by atoms with Gasteiger partial charge in [-0.15, -0.1) is 0 Å². The fourth-order valence-electron chi connectivity index (χ4n) is 2.73. The highest BCUT2D eigenvalue weighted by Crippen LogP contribution is 2.28. The molecule has 0 aromatic heterocycles. The number of hydrogen-bond acceptors (Lipinski definition) is 3. The van der Waals surface area contributed by atoms with Gasteiger partial charge in [-0.2, -0.15) is 0 Å². The standard InChI is InChI=1S/C18H25NO2/c1-13(2)17(10-11-20)19-12-16-15-7-5-4-6-14(15)8-9-18(16)21-3/h4-9,13,17,19-20H,10-12H2,1-3H3. The van der Waals surface area contributed by atoms with E-state index in [4.69, 9.17) is 4.74 Å². The molecule has 114 valence electrons. The topological polar surface area (TPSA) is 41.5 Å². The molecule has 0 aliphatic carbocycles. The second kappa shape index (κ2) is 7.43. The molecular weight excluding hydrogens is 262 g/mol. The van der Waals surface area contributed by atoms with Gasteiger partial charge < -0.3 is 15.2 Å². The van der Waals surface area contributed by atoms with Crippen LogP contribution in [0.15, 0.2) is 36.4 Å². The Morgan fingerprint density at radius 3 is 2.57 bits per heavy atom. The van der Waals surface area contributed by atoms with Crippen LogP contribution in [-0.4, -0.2) is 24.9 Å². The van der Waals surface area contributed by atoms with Crippen LogP contribution in [0.25, 0.3) is 10.8 Å². The van der Waals surface area contributed by atoms with Gasteiger partial charge in [0.1, 0.15) is 5.75 Å². The molecule has 0 aliphatic heterocycles. The first kappa shape index (κ1) is 15.8.